The van der Waals surface area contributed by atoms with Gasteiger partial charge in [0, 0.05) is 11.1 Å². The number of hydrogen-bond donors (Lipinski definition) is 1. The molecule has 0 radical (unpaired) electrons. The van der Waals surface area contributed by atoms with Crippen LogP contribution in [0.2, 0.25) is 5.02 Å². The molecule has 0 saturated carbocycles. The van der Waals surface area contributed by atoms with Gasteiger partial charge in [-0.05, 0) is 48.1 Å². The van der Waals surface area contributed by atoms with E-state index in [0.717, 1.165) is 17.5 Å². The van der Waals surface area contributed by atoms with Crippen molar-refractivity contribution < 1.29 is 0 Å². The molecular formula is C13H18ClNS. The number of nitrogens with one attached hydrogen (secondary N) is 1. The lowest BCUT2D eigenvalue weighted by Gasteiger charge is -2.24. The number of thioether (sulfide) groups is 1. The molecule has 0 aromatic heterocycles. The van der Waals surface area contributed by atoms with Crippen LogP contribution in [0.4, 0.5) is 0 Å². The Kier molecular flexibility index (Phi) is 4.56. The summed E-state index contributed by atoms with van der Waals surface area (Å²) < 4.78 is 0. The van der Waals surface area contributed by atoms with Crippen molar-refractivity contribution in [3.05, 3.63) is 34.9 Å². The van der Waals surface area contributed by atoms with E-state index in [2.05, 4.69) is 36.1 Å². The second-order valence-electron chi connectivity index (χ2n) is 4.21. The van der Waals surface area contributed by atoms with Crippen molar-refractivity contribution in [3.8, 4) is 0 Å². The summed E-state index contributed by atoms with van der Waals surface area (Å²) in [4.78, 5) is 0. The van der Waals surface area contributed by atoms with E-state index in [-0.39, 0.29) is 0 Å². The molecule has 2 unspecified atom stereocenters. The molecule has 88 valence electrons. The molecule has 1 N–H and O–H groups in total. The van der Waals surface area contributed by atoms with E-state index in [1.165, 1.54) is 23.5 Å². The van der Waals surface area contributed by atoms with Gasteiger partial charge in [0.05, 0.1) is 0 Å². The Morgan fingerprint density at radius 1 is 1.44 bits per heavy atom. The molecule has 1 saturated heterocycles. The monoisotopic (exact) mass is 255 g/mol. The molecule has 1 aromatic carbocycles. The van der Waals surface area contributed by atoms with Crippen LogP contribution >= 0.6 is 23.4 Å². The molecule has 2 atom stereocenters. The van der Waals surface area contributed by atoms with Crippen LogP contribution < -0.4 is 5.32 Å². The SMILES string of the molecule is CCNC(c1ccc(Cl)cc1)C1CCSC1. The van der Waals surface area contributed by atoms with Gasteiger partial charge in [-0.1, -0.05) is 30.7 Å². The lowest BCUT2D eigenvalue weighted by molar-refractivity contribution is 0.401. The van der Waals surface area contributed by atoms with Crippen LogP contribution in [-0.2, 0) is 0 Å². The van der Waals surface area contributed by atoms with Gasteiger partial charge in [-0.15, -0.1) is 0 Å². The van der Waals surface area contributed by atoms with Crippen LogP contribution in [0.5, 0.6) is 0 Å². The van der Waals surface area contributed by atoms with Gasteiger partial charge in [0.25, 0.3) is 0 Å². The quantitative estimate of drug-likeness (QED) is 0.880. The Bertz CT molecular complexity index is 319. The van der Waals surface area contributed by atoms with Crippen LogP contribution in [0.25, 0.3) is 0 Å². The van der Waals surface area contributed by atoms with Crippen molar-refractivity contribution in [2.75, 3.05) is 18.1 Å². The van der Waals surface area contributed by atoms with Gasteiger partial charge in [0.2, 0.25) is 0 Å². The van der Waals surface area contributed by atoms with Gasteiger partial charge in [-0.3, -0.25) is 0 Å². The summed E-state index contributed by atoms with van der Waals surface area (Å²) in [7, 11) is 0. The molecule has 0 bridgehead atoms. The summed E-state index contributed by atoms with van der Waals surface area (Å²) >= 11 is 8.00. The molecule has 16 heavy (non-hydrogen) atoms. The molecule has 3 heteroatoms. The van der Waals surface area contributed by atoms with E-state index < -0.39 is 0 Å². The molecule has 1 heterocycles. The first-order valence-corrected chi connectivity index (χ1v) is 7.41. The highest BCUT2D eigenvalue weighted by molar-refractivity contribution is 7.99. The minimum atomic E-state index is 0.497. The molecule has 0 amide bonds. The molecular weight excluding hydrogens is 238 g/mol. The van der Waals surface area contributed by atoms with Crippen molar-refractivity contribution in [1.29, 1.82) is 0 Å². The van der Waals surface area contributed by atoms with Crippen molar-refractivity contribution in [3.63, 3.8) is 0 Å². The fraction of sp³-hybridized carbons (Fsp3) is 0.538. The first-order valence-electron chi connectivity index (χ1n) is 5.88. The van der Waals surface area contributed by atoms with Crippen molar-refractivity contribution in [2.24, 2.45) is 5.92 Å². The number of hydrogen-bond acceptors (Lipinski definition) is 2. The van der Waals surface area contributed by atoms with E-state index in [0.29, 0.717) is 6.04 Å². The standard InChI is InChI=1S/C13H18ClNS/c1-2-15-13(11-7-8-16-9-11)10-3-5-12(14)6-4-10/h3-6,11,13,15H,2,7-9H2,1H3. The average Bonchev–Trinajstić information content (AvgIpc) is 2.81. The van der Waals surface area contributed by atoms with E-state index in [1.807, 2.05) is 12.1 Å². The minimum Gasteiger partial charge on any atom is -0.310 e. The molecule has 1 aliphatic rings. The Labute approximate surface area is 107 Å². The predicted octanol–water partition coefficient (Wildman–Crippen LogP) is 3.74. The highest BCUT2D eigenvalue weighted by atomic mass is 35.5. The van der Waals surface area contributed by atoms with Gasteiger partial charge in [-0.2, -0.15) is 11.8 Å². The second-order valence-corrected chi connectivity index (χ2v) is 5.80. The molecule has 0 spiro atoms. The predicted molar refractivity (Wildman–Crippen MR) is 73.3 cm³/mol. The van der Waals surface area contributed by atoms with Crippen LogP contribution in [0.3, 0.4) is 0 Å². The topological polar surface area (TPSA) is 12.0 Å². The molecule has 1 aliphatic heterocycles. The lowest BCUT2D eigenvalue weighted by Crippen LogP contribution is -2.28. The van der Waals surface area contributed by atoms with Gasteiger partial charge >= 0.3 is 0 Å². The van der Waals surface area contributed by atoms with Gasteiger partial charge in [0.15, 0.2) is 0 Å². The highest BCUT2D eigenvalue weighted by Gasteiger charge is 2.25. The zero-order valence-corrected chi connectivity index (χ0v) is 11.2. The maximum atomic E-state index is 5.93. The summed E-state index contributed by atoms with van der Waals surface area (Å²) in [5.41, 5.74) is 1.37. The first-order chi connectivity index (χ1) is 7.81. The Hall–Kier alpha value is -0.180. The first kappa shape index (κ1) is 12.3. The Morgan fingerprint density at radius 2 is 2.19 bits per heavy atom. The third-order valence-corrected chi connectivity index (χ3v) is 4.53. The number of benzene rings is 1. The zero-order valence-electron chi connectivity index (χ0n) is 9.58. The summed E-state index contributed by atoms with van der Waals surface area (Å²) in [5, 5.41) is 4.42. The fourth-order valence-corrected chi connectivity index (χ4v) is 3.69. The van der Waals surface area contributed by atoms with Crippen LogP contribution in [0.15, 0.2) is 24.3 Å². The molecule has 0 aliphatic carbocycles. The van der Waals surface area contributed by atoms with Crippen LogP contribution in [0, 0.1) is 5.92 Å². The summed E-state index contributed by atoms with van der Waals surface area (Å²) in [5.74, 6) is 3.35. The van der Waals surface area contributed by atoms with E-state index in [1.54, 1.807) is 0 Å². The zero-order chi connectivity index (χ0) is 11.4. The van der Waals surface area contributed by atoms with Gasteiger partial charge in [-0.25, -0.2) is 0 Å². The van der Waals surface area contributed by atoms with Crippen molar-refractivity contribution >= 4 is 23.4 Å². The van der Waals surface area contributed by atoms with E-state index in [4.69, 9.17) is 11.6 Å². The largest absolute Gasteiger partial charge is 0.310 e. The van der Waals surface area contributed by atoms with Gasteiger partial charge in [0.1, 0.15) is 0 Å². The highest BCUT2D eigenvalue weighted by Crippen LogP contribution is 2.34. The molecule has 1 aromatic rings. The Morgan fingerprint density at radius 3 is 2.75 bits per heavy atom. The lowest BCUT2D eigenvalue weighted by atomic mass is 9.92. The Balaban J connectivity index is 2.14. The maximum Gasteiger partial charge on any atom is 0.0406 e. The number of rotatable bonds is 4. The van der Waals surface area contributed by atoms with E-state index >= 15 is 0 Å². The third-order valence-electron chi connectivity index (χ3n) is 3.09. The summed E-state index contributed by atoms with van der Waals surface area (Å²) in [6, 6.07) is 8.78. The molecule has 2 rings (SSSR count). The van der Waals surface area contributed by atoms with Crippen molar-refractivity contribution in [1.82, 2.24) is 5.32 Å². The van der Waals surface area contributed by atoms with Crippen molar-refractivity contribution in [2.45, 2.75) is 19.4 Å². The second kappa shape index (κ2) is 5.95. The molecule has 1 fully saturated rings. The summed E-state index contributed by atoms with van der Waals surface area (Å²) in [6.07, 6.45) is 1.32. The fourth-order valence-electron chi connectivity index (χ4n) is 2.26. The normalized spacial score (nSPS) is 22.2. The average molecular weight is 256 g/mol. The van der Waals surface area contributed by atoms with Crippen LogP contribution in [0.1, 0.15) is 24.9 Å². The smallest absolute Gasteiger partial charge is 0.0406 e. The third kappa shape index (κ3) is 2.93. The number of halogens is 1. The maximum absolute atomic E-state index is 5.93. The van der Waals surface area contributed by atoms with Crippen LogP contribution in [-0.4, -0.2) is 18.1 Å². The van der Waals surface area contributed by atoms with Gasteiger partial charge < -0.3 is 5.32 Å². The minimum absolute atomic E-state index is 0.497. The van der Waals surface area contributed by atoms with E-state index in [9.17, 15) is 0 Å². The molecule has 1 nitrogen and oxygen atoms in total. The summed E-state index contributed by atoms with van der Waals surface area (Å²) in [6.45, 7) is 3.19.